The van der Waals surface area contributed by atoms with Gasteiger partial charge in [0.25, 0.3) is 0 Å². The van der Waals surface area contributed by atoms with Gasteiger partial charge in [-0.15, -0.1) is 0 Å². The van der Waals surface area contributed by atoms with Gasteiger partial charge in [0.05, 0.1) is 0 Å². The van der Waals surface area contributed by atoms with E-state index in [0.717, 1.165) is 6.42 Å². The summed E-state index contributed by atoms with van der Waals surface area (Å²) in [5.74, 6) is 0. The first-order valence-electron chi connectivity index (χ1n) is 8.15. The van der Waals surface area contributed by atoms with Gasteiger partial charge in [-0.2, -0.15) is 0 Å². The zero-order valence-corrected chi connectivity index (χ0v) is 13.1. The van der Waals surface area contributed by atoms with Crippen molar-refractivity contribution in [1.29, 1.82) is 0 Å². The van der Waals surface area contributed by atoms with E-state index in [1.165, 1.54) is 62.9 Å². The van der Waals surface area contributed by atoms with Crippen molar-refractivity contribution in [2.75, 3.05) is 18.0 Å². The Morgan fingerprint density at radius 1 is 0.737 bits per heavy atom. The molecule has 0 aromatic heterocycles. The molecule has 0 fully saturated rings. The molecule has 0 unspecified atom stereocenters. The fraction of sp³-hybridized carbons (Fsp3) is 0.667. The molecule has 0 aliphatic carbocycles. The van der Waals surface area contributed by atoms with Crippen LogP contribution in [0.2, 0.25) is 0 Å². The Labute approximate surface area is 120 Å². The molecule has 0 saturated heterocycles. The minimum atomic E-state index is 1.13. The van der Waals surface area contributed by atoms with Gasteiger partial charge in [-0.1, -0.05) is 58.6 Å². The molecule has 0 saturated carbocycles. The summed E-state index contributed by atoms with van der Waals surface area (Å²) in [7, 11) is 0. The van der Waals surface area contributed by atoms with E-state index in [2.05, 4.69) is 49.9 Å². The monoisotopic (exact) mass is 261 g/mol. The first-order valence-corrected chi connectivity index (χ1v) is 8.15. The molecule has 0 N–H and O–H groups in total. The number of hydrogen-bond acceptors (Lipinski definition) is 1. The molecule has 0 aliphatic rings. The maximum absolute atomic E-state index is 2.57. The molecule has 0 spiro atoms. The second-order valence-corrected chi connectivity index (χ2v) is 5.42. The van der Waals surface area contributed by atoms with E-state index in [4.69, 9.17) is 0 Å². The smallest absolute Gasteiger partial charge is 0.0366 e. The third-order valence-corrected chi connectivity index (χ3v) is 3.77. The van der Waals surface area contributed by atoms with Crippen molar-refractivity contribution in [1.82, 2.24) is 0 Å². The summed E-state index contributed by atoms with van der Waals surface area (Å²) in [4.78, 5) is 2.57. The van der Waals surface area contributed by atoms with Crippen LogP contribution in [0.25, 0.3) is 0 Å². The Hall–Kier alpha value is -0.980. The van der Waals surface area contributed by atoms with Gasteiger partial charge in [-0.3, -0.25) is 0 Å². The number of benzene rings is 1. The van der Waals surface area contributed by atoms with E-state index in [-0.39, 0.29) is 0 Å². The van der Waals surface area contributed by atoms with E-state index in [1.807, 2.05) is 0 Å². The molecule has 1 nitrogen and oxygen atoms in total. The van der Waals surface area contributed by atoms with Gasteiger partial charge in [-0.05, 0) is 37.0 Å². The maximum Gasteiger partial charge on any atom is 0.0366 e. The van der Waals surface area contributed by atoms with Crippen LogP contribution in [-0.4, -0.2) is 13.1 Å². The highest BCUT2D eigenvalue weighted by Gasteiger charge is 2.05. The first kappa shape index (κ1) is 16.1. The van der Waals surface area contributed by atoms with Crippen LogP contribution in [0.15, 0.2) is 24.3 Å². The molecule has 0 heterocycles. The molecular formula is C18H31N. The third-order valence-electron chi connectivity index (χ3n) is 3.77. The lowest BCUT2D eigenvalue weighted by molar-refractivity contribution is 0.636. The van der Waals surface area contributed by atoms with Crippen LogP contribution < -0.4 is 4.90 Å². The molecule has 1 aromatic rings. The van der Waals surface area contributed by atoms with Crippen LogP contribution in [0.5, 0.6) is 0 Å². The molecule has 108 valence electrons. The van der Waals surface area contributed by atoms with Gasteiger partial charge in [0.2, 0.25) is 0 Å². The lowest BCUT2D eigenvalue weighted by Crippen LogP contribution is -2.25. The summed E-state index contributed by atoms with van der Waals surface area (Å²) < 4.78 is 0. The fourth-order valence-electron chi connectivity index (χ4n) is 2.42. The zero-order valence-electron chi connectivity index (χ0n) is 13.1. The van der Waals surface area contributed by atoms with Crippen LogP contribution >= 0.6 is 0 Å². The second kappa shape index (κ2) is 9.89. The lowest BCUT2D eigenvalue weighted by Gasteiger charge is -2.25. The summed E-state index contributed by atoms with van der Waals surface area (Å²) in [6, 6.07) is 9.16. The molecule has 1 aromatic carbocycles. The lowest BCUT2D eigenvalue weighted by atomic mass is 10.1. The van der Waals surface area contributed by atoms with Crippen LogP contribution in [0.1, 0.15) is 64.9 Å². The number of anilines is 1. The van der Waals surface area contributed by atoms with Gasteiger partial charge in [0, 0.05) is 18.8 Å². The van der Waals surface area contributed by atoms with Crippen LogP contribution in [0.4, 0.5) is 5.69 Å². The van der Waals surface area contributed by atoms with Gasteiger partial charge >= 0.3 is 0 Å². The Balaban J connectivity index is 2.58. The highest BCUT2D eigenvalue weighted by atomic mass is 15.1. The highest BCUT2D eigenvalue weighted by molar-refractivity contribution is 5.47. The predicted octanol–water partition coefficient (Wildman–Crippen LogP) is 5.44. The first-order chi connectivity index (χ1) is 9.31. The van der Waals surface area contributed by atoms with Crippen LogP contribution in [-0.2, 0) is 6.42 Å². The molecule has 1 rings (SSSR count). The van der Waals surface area contributed by atoms with Gasteiger partial charge in [-0.25, -0.2) is 0 Å². The topological polar surface area (TPSA) is 3.24 Å². The zero-order chi connectivity index (χ0) is 13.9. The number of unbranched alkanes of at least 4 members (excludes halogenated alkanes) is 4. The normalized spacial score (nSPS) is 10.7. The average molecular weight is 261 g/mol. The Morgan fingerprint density at radius 2 is 1.26 bits per heavy atom. The SMILES string of the molecule is CCCCCN(CCCCC)c1ccc(CC)cc1. The molecule has 0 radical (unpaired) electrons. The van der Waals surface area contributed by atoms with Gasteiger partial charge in [0.1, 0.15) is 0 Å². The second-order valence-electron chi connectivity index (χ2n) is 5.42. The molecule has 0 atom stereocenters. The predicted molar refractivity (Wildman–Crippen MR) is 87.1 cm³/mol. The third kappa shape index (κ3) is 6.13. The minimum absolute atomic E-state index is 1.13. The minimum Gasteiger partial charge on any atom is -0.372 e. The number of rotatable bonds is 10. The summed E-state index contributed by atoms with van der Waals surface area (Å²) in [6.07, 6.45) is 9.06. The molecule has 0 bridgehead atoms. The quantitative estimate of drug-likeness (QED) is 0.507. The van der Waals surface area contributed by atoms with Crippen molar-refractivity contribution in [2.24, 2.45) is 0 Å². The van der Waals surface area contributed by atoms with Gasteiger partial charge in [0.15, 0.2) is 0 Å². The van der Waals surface area contributed by atoms with E-state index in [9.17, 15) is 0 Å². The van der Waals surface area contributed by atoms with E-state index >= 15 is 0 Å². The standard InChI is InChI=1S/C18H31N/c1-4-7-9-15-19(16-10-8-5-2)18-13-11-17(6-3)12-14-18/h11-14H,4-10,15-16H2,1-3H3. The largest absolute Gasteiger partial charge is 0.372 e. The average Bonchev–Trinajstić information content (AvgIpc) is 2.46. The van der Waals surface area contributed by atoms with Crippen LogP contribution in [0.3, 0.4) is 0 Å². The van der Waals surface area contributed by atoms with Crippen molar-refractivity contribution < 1.29 is 0 Å². The number of nitrogens with zero attached hydrogens (tertiary/aromatic N) is 1. The van der Waals surface area contributed by atoms with E-state index in [0.29, 0.717) is 0 Å². The van der Waals surface area contributed by atoms with Crippen molar-refractivity contribution in [3.8, 4) is 0 Å². The Morgan fingerprint density at radius 3 is 1.68 bits per heavy atom. The van der Waals surface area contributed by atoms with Gasteiger partial charge < -0.3 is 4.90 Å². The maximum atomic E-state index is 2.57. The molecular weight excluding hydrogens is 230 g/mol. The van der Waals surface area contributed by atoms with E-state index < -0.39 is 0 Å². The van der Waals surface area contributed by atoms with Crippen molar-refractivity contribution >= 4 is 5.69 Å². The Bertz CT molecular complexity index is 305. The summed E-state index contributed by atoms with van der Waals surface area (Å²) >= 11 is 0. The Kier molecular flexibility index (Phi) is 8.36. The highest BCUT2D eigenvalue weighted by Crippen LogP contribution is 2.17. The fourth-order valence-corrected chi connectivity index (χ4v) is 2.42. The molecule has 19 heavy (non-hydrogen) atoms. The summed E-state index contributed by atoms with van der Waals surface area (Å²) in [5, 5.41) is 0. The summed E-state index contributed by atoms with van der Waals surface area (Å²) in [6.45, 7) is 9.19. The number of aryl methyl sites for hydroxylation is 1. The molecule has 1 heteroatoms. The van der Waals surface area contributed by atoms with Crippen molar-refractivity contribution in [2.45, 2.75) is 65.7 Å². The van der Waals surface area contributed by atoms with Crippen molar-refractivity contribution in [3.63, 3.8) is 0 Å². The van der Waals surface area contributed by atoms with Crippen LogP contribution in [0, 0.1) is 0 Å². The summed E-state index contributed by atoms with van der Waals surface area (Å²) in [5.41, 5.74) is 2.84. The van der Waals surface area contributed by atoms with Crippen molar-refractivity contribution in [3.05, 3.63) is 29.8 Å². The number of hydrogen-bond donors (Lipinski definition) is 0. The molecule has 0 amide bonds. The van der Waals surface area contributed by atoms with E-state index in [1.54, 1.807) is 0 Å². The molecule has 0 aliphatic heterocycles.